The van der Waals surface area contributed by atoms with Crippen LogP contribution in [0.1, 0.15) is 10.5 Å². The summed E-state index contributed by atoms with van der Waals surface area (Å²) in [6.45, 7) is 0. The molecular formula is C11H8N6OS. The number of para-hydroxylation sites is 2. The molecule has 0 aliphatic heterocycles. The van der Waals surface area contributed by atoms with Crippen LogP contribution in [0.25, 0.3) is 5.69 Å². The van der Waals surface area contributed by atoms with E-state index in [1.54, 1.807) is 17.0 Å². The first-order valence-corrected chi connectivity index (χ1v) is 6.31. The van der Waals surface area contributed by atoms with Gasteiger partial charge < -0.3 is 5.32 Å². The van der Waals surface area contributed by atoms with Crippen molar-refractivity contribution >= 4 is 22.9 Å². The molecule has 1 aromatic carbocycles. The number of aromatic nitrogens is 5. The summed E-state index contributed by atoms with van der Waals surface area (Å²) in [5.74, 6) is -0.262. The molecule has 1 N–H and O–H groups in total. The van der Waals surface area contributed by atoms with Crippen LogP contribution in [0, 0.1) is 0 Å². The molecule has 0 radical (unpaired) electrons. The van der Waals surface area contributed by atoms with Gasteiger partial charge in [0.1, 0.15) is 12.0 Å². The molecule has 0 aliphatic rings. The lowest BCUT2D eigenvalue weighted by Gasteiger charge is -2.08. The summed E-state index contributed by atoms with van der Waals surface area (Å²) in [6.07, 6.45) is 1.47. The number of nitrogens with zero attached hydrogens (tertiary/aromatic N) is 5. The molecule has 94 valence electrons. The van der Waals surface area contributed by atoms with E-state index < -0.39 is 0 Å². The second kappa shape index (κ2) is 4.94. The van der Waals surface area contributed by atoms with Crippen molar-refractivity contribution in [2.24, 2.45) is 0 Å². The normalized spacial score (nSPS) is 10.3. The van der Waals surface area contributed by atoms with E-state index in [-0.39, 0.29) is 5.91 Å². The molecule has 0 bridgehead atoms. The Morgan fingerprint density at radius 1 is 1.32 bits per heavy atom. The van der Waals surface area contributed by atoms with Crippen molar-refractivity contribution < 1.29 is 4.79 Å². The summed E-state index contributed by atoms with van der Waals surface area (Å²) in [5.41, 5.74) is 3.31. The minimum Gasteiger partial charge on any atom is -0.319 e. The van der Waals surface area contributed by atoms with Gasteiger partial charge in [-0.25, -0.2) is 4.98 Å². The largest absolute Gasteiger partial charge is 0.319 e. The van der Waals surface area contributed by atoms with Gasteiger partial charge in [-0.3, -0.25) is 4.79 Å². The molecule has 0 spiro atoms. The average Bonchev–Trinajstić information content (AvgIpc) is 3.13. The minimum absolute atomic E-state index is 0.262. The monoisotopic (exact) mass is 272 g/mol. The number of thiazole rings is 1. The number of anilines is 1. The van der Waals surface area contributed by atoms with Crippen LogP contribution >= 0.6 is 11.3 Å². The fraction of sp³-hybridized carbons (Fsp3) is 0. The van der Waals surface area contributed by atoms with Gasteiger partial charge in [0, 0.05) is 5.38 Å². The third-order valence-electron chi connectivity index (χ3n) is 2.41. The lowest BCUT2D eigenvalue weighted by Crippen LogP contribution is -2.14. The molecule has 0 fully saturated rings. The Morgan fingerprint density at radius 2 is 2.21 bits per heavy atom. The second-order valence-electron chi connectivity index (χ2n) is 3.60. The molecule has 0 saturated heterocycles. The predicted octanol–water partition coefficient (Wildman–Crippen LogP) is 1.37. The molecule has 1 amide bonds. The van der Waals surface area contributed by atoms with Crippen LogP contribution < -0.4 is 5.32 Å². The van der Waals surface area contributed by atoms with Crippen molar-refractivity contribution in [2.45, 2.75) is 0 Å². The average molecular weight is 272 g/mol. The molecule has 3 aromatic rings. The number of amides is 1. The maximum atomic E-state index is 12.0. The zero-order valence-electron chi connectivity index (χ0n) is 9.59. The van der Waals surface area contributed by atoms with Gasteiger partial charge in [-0.1, -0.05) is 12.1 Å². The fourth-order valence-corrected chi connectivity index (χ4v) is 2.09. The molecule has 8 heteroatoms. The van der Waals surface area contributed by atoms with Gasteiger partial charge in [0.15, 0.2) is 0 Å². The molecule has 0 unspecified atom stereocenters. The predicted molar refractivity (Wildman–Crippen MR) is 69.2 cm³/mol. The summed E-state index contributed by atoms with van der Waals surface area (Å²) in [7, 11) is 0. The van der Waals surface area contributed by atoms with Gasteiger partial charge in [0.2, 0.25) is 0 Å². The number of benzene rings is 1. The van der Waals surface area contributed by atoms with E-state index in [0.29, 0.717) is 17.1 Å². The Hall–Kier alpha value is -2.61. The quantitative estimate of drug-likeness (QED) is 0.778. The summed E-state index contributed by atoms with van der Waals surface area (Å²) in [4.78, 5) is 15.9. The highest BCUT2D eigenvalue weighted by atomic mass is 32.1. The summed E-state index contributed by atoms with van der Waals surface area (Å²) in [6, 6.07) is 7.26. The van der Waals surface area contributed by atoms with E-state index in [4.69, 9.17) is 0 Å². The maximum Gasteiger partial charge on any atom is 0.275 e. The Balaban J connectivity index is 1.92. The van der Waals surface area contributed by atoms with E-state index in [9.17, 15) is 4.79 Å². The van der Waals surface area contributed by atoms with Crippen LogP contribution in [0.4, 0.5) is 5.69 Å². The summed E-state index contributed by atoms with van der Waals surface area (Å²) >= 11 is 1.37. The van der Waals surface area contributed by atoms with Gasteiger partial charge in [0.25, 0.3) is 5.91 Å². The molecule has 0 aliphatic carbocycles. The molecule has 2 aromatic heterocycles. The lowest BCUT2D eigenvalue weighted by molar-refractivity contribution is 0.102. The Labute approximate surface area is 111 Å². The molecule has 0 saturated carbocycles. The van der Waals surface area contributed by atoms with Crippen LogP contribution in [0.15, 0.2) is 41.5 Å². The highest BCUT2D eigenvalue weighted by Gasteiger charge is 2.11. The fourth-order valence-electron chi connectivity index (χ4n) is 1.56. The van der Waals surface area contributed by atoms with E-state index in [2.05, 4.69) is 25.8 Å². The molecule has 7 nitrogen and oxygen atoms in total. The zero-order valence-corrected chi connectivity index (χ0v) is 10.4. The van der Waals surface area contributed by atoms with Crippen LogP contribution in [-0.2, 0) is 0 Å². The first kappa shape index (κ1) is 11.5. The Kier molecular flexibility index (Phi) is 2.99. The number of rotatable bonds is 3. The molecule has 3 rings (SSSR count). The SMILES string of the molecule is O=C(Nc1ccccc1-n1cnnn1)c1cscn1. The molecule has 2 heterocycles. The van der Waals surface area contributed by atoms with Gasteiger partial charge in [0.05, 0.1) is 16.9 Å². The number of tetrazole rings is 1. The Morgan fingerprint density at radius 3 is 2.95 bits per heavy atom. The number of hydrogen-bond acceptors (Lipinski definition) is 6. The van der Waals surface area contributed by atoms with Crippen molar-refractivity contribution in [1.82, 2.24) is 25.2 Å². The van der Waals surface area contributed by atoms with E-state index in [1.807, 2.05) is 18.2 Å². The smallest absolute Gasteiger partial charge is 0.275 e. The molecule has 0 atom stereocenters. The second-order valence-corrected chi connectivity index (χ2v) is 4.32. The highest BCUT2D eigenvalue weighted by molar-refractivity contribution is 7.07. The summed E-state index contributed by atoms with van der Waals surface area (Å²) < 4.78 is 1.48. The van der Waals surface area contributed by atoms with Gasteiger partial charge in [-0.15, -0.1) is 16.4 Å². The lowest BCUT2D eigenvalue weighted by atomic mass is 10.2. The topological polar surface area (TPSA) is 85.6 Å². The number of carbonyl (C=O) groups excluding carboxylic acids is 1. The van der Waals surface area contributed by atoms with Gasteiger partial charge >= 0.3 is 0 Å². The number of hydrogen-bond donors (Lipinski definition) is 1. The number of carbonyl (C=O) groups is 1. The van der Waals surface area contributed by atoms with Crippen molar-refractivity contribution in [3.05, 3.63) is 47.2 Å². The van der Waals surface area contributed by atoms with Crippen LogP contribution in [0.3, 0.4) is 0 Å². The van der Waals surface area contributed by atoms with Crippen molar-refractivity contribution in [1.29, 1.82) is 0 Å². The summed E-state index contributed by atoms with van der Waals surface area (Å²) in [5, 5.41) is 15.4. The van der Waals surface area contributed by atoms with E-state index >= 15 is 0 Å². The van der Waals surface area contributed by atoms with Crippen molar-refractivity contribution in [3.63, 3.8) is 0 Å². The van der Waals surface area contributed by atoms with E-state index in [0.717, 1.165) is 0 Å². The van der Waals surface area contributed by atoms with Crippen LogP contribution in [0.5, 0.6) is 0 Å². The Bertz CT molecular complexity index is 679. The van der Waals surface area contributed by atoms with Gasteiger partial charge in [-0.05, 0) is 22.6 Å². The highest BCUT2D eigenvalue weighted by Crippen LogP contribution is 2.19. The van der Waals surface area contributed by atoms with Crippen molar-refractivity contribution in [2.75, 3.05) is 5.32 Å². The third kappa shape index (κ3) is 2.33. The van der Waals surface area contributed by atoms with Gasteiger partial charge in [-0.2, -0.15) is 4.68 Å². The molecule has 19 heavy (non-hydrogen) atoms. The van der Waals surface area contributed by atoms with E-state index in [1.165, 1.54) is 22.3 Å². The first-order chi connectivity index (χ1) is 9.34. The van der Waals surface area contributed by atoms with Crippen LogP contribution in [-0.4, -0.2) is 31.1 Å². The zero-order chi connectivity index (χ0) is 13.1. The van der Waals surface area contributed by atoms with Crippen molar-refractivity contribution in [3.8, 4) is 5.69 Å². The maximum absolute atomic E-state index is 12.0. The standard InChI is InChI=1S/C11H8N6OS/c18-11(9-5-19-7-12-9)14-8-3-1-2-4-10(8)17-6-13-15-16-17/h1-7H,(H,14,18). The first-order valence-electron chi connectivity index (χ1n) is 5.36. The third-order valence-corrected chi connectivity index (χ3v) is 3.00. The van der Waals surface area contributed by atoms with Crippen LogP contribution in [0.2, 0.25) is 0 Å². The minimum atomic E-state index is -0.262. The number of nitrogens with one attached hydrogen (secondary N) is 1. The molecular weight excluding hydrogens is 264 g/mol.